The Hall–Kier alpha value is 1.10. The second-order valence-electron chi connectivity index (χ2n) is 14.0. The first-order valence-corrected chi connectivity index (χ1v) is 32.4. The van der Waals surface area contributed by atoms with E-state index in [1.54, 1.807) is 0 Å². The van der Waals surface area contributed by atoms with Gasteiger partial charge in [0.2, 0.25) is 0 Å². The number of hydrogen-bond donors (Lipinski definition) is 0. The fourth-order valence-electron chi connectivity index (χ4n) is 5.23. The van der Waals surface area contributed by atoms with Crippen LogP contribution in [0.3, 0.4) is 0 Å². The molecule has 0 saturated heterocycles. The van der Waals surface area contributed by atoms with E-state index in [-0.39, 0.29) is 0 Å². The summed E-state index contributed by atoms with van der Waals surface area (Å²) >= 11 is 0. The van der Waals surface area contributed by atoms with Gasteiger partial charge in [0.05, 0.1) is 0 Å². The van der Waals surface area contributed by atoms with E-state index >= 15 is 0 Å². The Morgan fingerprint density at radius 2 is 0.667 bits per heavy atom. The molecule has 0 aromatic carbocycles. The molecule has 0 aromatic heterocycles. The SMILES string of the molecule is CCCCCCCCCCCC[Si](C)(O[Si](C)(C)O[Si](C)(C)C)O[Si](C)(C)O[Si](C)(C)O[Si](C)(C)C. The molecule has 0 aliphatic carbocycles. The molecule has 1 atom stereocenters. The maximum Gasteiger partial charge on any atom is 0.317 e. The molecule has 0 aliphatic heterocycles. The lowest BCUT2D eigenvalue weighted by molar-refractivity contribution is 0.276. The summed E-state index contributed by atoms with van der Waals surface area (Å²) in [7, 11) is -12.9. The zero-order valence-electron chi connectivity index (χ0n) is 26.8. The molecule has 0 heterocycles. The van der Waals surface area contributed by atoms with Gasteiger partial charge in [-0.3, -0.25) is 0 Å². The molecule has 0 bridgehead atoms. The highest BCUT2D eigenvalue weighted by Gasteiger charge is 2.48. The molecule has 218 valence electrons. The molecule has 0 spiro atoms. The highest BCUT2D eigenvalue weighted by Crippen LogP contribution is 2.31. The average molecular weight is 613 g/mol. The molecule has 5 nitrogen and oxygen atoms in total. The van der Waals surface area contributed by atoms with Crippen LogP contribution in [0.1, 0.15) is 71.1 Å². The lowest BCUT2D eigenvalue weighted by Gasteiger charge is -2.44. The van der Waals surface area contributed by atoms with Crippen LogP contribution in [0.25, 0.3) is 0 Å². The molecule has 0 N–H and O–H groups in total. The van der Waals surface area contributed by atoms with Crippen molar-refractivity contribution in [3.05, 3.63) is 0 Å². The van der Waals surface area contributed by atoms with E-state index < -0.39 is 50.9 Å². The molecule has 0 amide bonds. The van der Waals surface area contributed by atoms with Crippen LogP contribution in [0, 0.1) is 0 Å². The summed E-state index contributed by atoms with van der Waals surface area (Å²) in [4.78, 5) is 0. The molecule has 1 unspecified atom stereocenters. The van der Waals surface area contributed by atoms with Crippen LogP contribution < -0.4 is 0 Å². The van der Waals surface area contributed by atoms with Gasteiger partial charge in [-0.05, 0) is 91.2 Å². The first-order valence-electron chi connectivity index (χ1n) is 14.6. The van der Waals surface area contributed by atoms with Crippen molar-refractivity contribution >= 4 is 50.9 Å². The van der Waals surface area contributed by atoms with Gasteiger partial charge in [-0.25, -0.2) is 0 Å². The first-order chi connectivity index (χ1) is 16.1. The average Bonchev–Trinajstić information content (AvgIpc) is 2.56. The predicted octanol–water partition coefficient (Wildman–Crippen LogP) is 9.84. The second kappa shape index (κ2) is 15.8. The molecule has 0 aliphatic rings. The van der Waals surface area contributed by atoms with Crippen molar-refractivity contribution in [2.75, 3.05) is 0 Å². The monoisotopic (exact) mass is 612 g/mol. The fourth-order valence-corrected chi connectivity index (χ4v) is 34.0. The van der Waals surface area contributed by atoms with Crippen LogP contribution in [-0.2, 0) is 20.6 Å². The van der Waals surface area contributed by atoms with Crippen molar-refractivity contribution < 1.29 is 20.6 Å². The molecule has 36 heavy (non-hydrogen) atoms. The first kappa shape index (κ1) is 37.1. The van der Waals surface area contributed by atoms with E-state index in [0.717, 1.165) is 12.5 Å². The zero-order chi connectivity index (χ0) is 28.3. The van der Waals surface area contributed by atoms with Crippen LogP contribution in [0.4, 0.5) is 0 Å². The Morgan fingerprint density at radius 1 is 0.361 bits per heavy atom. The Morgan fingerprint density at radius 3 is 1.03 bits per heavy atom. The van der Waals surface area contributed by atoms with Crippen molar-refractivity contribution in [3.8, 4) is 0 Å². The maximum absolute atomic E-state index is 6.98. The van der Waals surface area contributed by atoms with Gasteiger partial charge in [-0.1, -0.05) is 71.1 Å². The summed E-state index contributed by atoms with van der Waals surface area (Å²) in [6, 6.07) is 1.01. The number of unbranched alkanes of at least 4 members (excludes halogenated alkanes) is 9. The number of hydrogen-bond acceptors (Lipinski definition) is 5. The summed E-state index contributed by atoms with van der Waals surface area (Å²) in [6.45, 7) is 31.1. The Balaban J connectivity index is 5.16. The Labute approximate surface area is 233 Å². The summed E-state index contributed by atoms with van der Waals surface area (Å²) in [5, 5.41) is 0. The maximum atomic E-state index is 6.98. The van der Waals surface area contributed by atoms with E-state index in [4.69, 9.17) is 20.6 Å². The molecule has 0 rings (SSSR count). The quantitative estimate of drug-likeness (QED) is 0.0953. The summed E-state index contributed by atoms with van der Waals surface area (Å²) in [5.41, 5.74) is 0. The van der Waals surface area contributed by atoms with Gasteiger partial charge >= 0.3 is 34.2 Å². The van der Waals surface area contributed by atoms with Crippen molar-refractivity contribution in [2.45, 2.75) is 162 Å². The van der Waals surface area contributed by atoms with E-state index in [9.17, 15) is 0 Å². The van der Waals surface area contributed by atoms with Gasteiger partial charge in [-0.15, -0.1) is 0 Å². The molecule has 0 saturated carbocycles. The highest BCUT2D eigenvalue weighted by molar-refractivity contribution is 6.91. The molecule has 0 fully saturated rings. The minimum atomic E-state index is -2.50. The topological polar surface area (TPSA) is 46.2 Å². The van der Waals surface area contributed by atoms with Gasteiger partial charge in [0.25, 0.3) is 0 Å². The van der Waals surface area contributed by atoms with E-state index in [1.165, 1.54) is 57.8 Å². The van der Waals surface area contributed by atoms with Crippen LogP contribution >= 0.6 is 0 Å². The van der Waals surface area contributed by atoms with E-state index in [1.807, 2.05) is 0 Å². The third kappa shape index (κ3) is 21.0. The lowest BCUT2D eigenvalue weighted by Crippen LogP contribution is -2.60. The van der Waals surface area contributed by atoms with E-state index in [2.05, 4.69) is 92.0 Å². The Kier molecular flexibility index (Phi) is 16.3. The Bertz CT molecular complexity index is 605. The van der Waals surface area contributed by atoms with Crippen molar-refractivity contribution in [3.63, 3.8) is 0 Å². The van der Waals surface area contributed by atoms with Crippen LogP contribution in [0.15, 0.2) is 0 Å². The highest BCUT2D eigenvalue weighted by atomic mass is 28.5. The largest absolute Gasteiger partial charge is 0.437 e. The smallest absolute Gasteiger partial charge is 0.317 e. The van der Waals surface area contributed by atoms with Gasteiger partial charge in [0.1, 0.15) is 0 Å². The summed E-state index contributed by atoms with van der Waals surface area (Å²) in [5.74, 6) is 0. The second-order valence-corrected chi connectivity index (χ2v) is 37.7. The lowest BCUT2D eigenvalue weighted by atomic mass is 10.1. The fraction of sp³-hybridized carbons (Fsp3) is 1.00. The van der Waals surface area contributed by atoms with Gasteiger partial charge in [-0.2, -0.15) is 0 Å². The van der Waals surface area contributed by atoms with Crippen LogP contribution in [0.2, 0.25) is 91.2 Å². The molecule has 0 aromatic rings. The third-order valence-corrected chi connectivity index (χ3v) is 26.9. The standard InChI is InChI=1S/C25H64O5Si6/c1-15-16-17-18-19-20-21-22-23-24-25-36(14,29-34(10,11)27-32(5,6)7)30-35(12,13)28-33(8,9)26-31(2,3)4/h15-25H2,1-14H3. The minimum absolute atomic E-state index is 1.01. The van der Waals surface area contributed by atoms with Gasteiger partial charge < -0.3 is 20.6 Å². The van der Waals surface area contributed by atoms with E-state index in [0.29, 0.717) is 0 Å². The number of rotatable bonds is 21. The summed E-state index contributed by atoms with van der Waals surface area (Å²) in [6.07, 6.45) is 13.4. The molecule has 0 radical (unpaired) electrons. The zero-order valence-corrected chi connectivity index (χ0v) is 32.8. The van der Waals surface area contributed by atoms with Crippen molar-refractivity contribution in [1.29, 1.82) is 0 Å². The van der Waals surface area contributed by atoms with Crippen LogP contribution in [-0.4, -0.2) is 50.9 Å². The normalized spacial score (nSPS) is 15.8. The molecular weight excluding hydrogens is 549 g/mol. The molecule has 11 heteroatoms. The summed E-state index contributed by atoms with van der Waals surface area (Å²) < 4.78 is 33.7. The van der Waals surface area contributed by atoms with Crippen molar-refractivity contribution in [2.24, 2.45) is 0 Å². The van der Waals surface area contributed by atoms with Crippen molar-refractivity contribution in [1.82, 2.24) is 0 Å². The third-order valence-electron chi connectivity index (χ3n) is 5.50. The van der Waals surface area contributed by atoms with Crippen LogP contribution in [0.5, 0.6) is 0 Å². The predicted molar refractivity (Wildman–Crippen MR) is 173 cm³/mol. The molecular formula is C25H64O5Si6. The van der Waals surface area contributed by atoms with Gasteiger partial charge in [0.15, 0.2) is 16.6 Å². The minimum Gasteiger partial charge on any atom is -0.437 e. The van der Waals surface area contributed by atoms with Gasteiger partial charge in [0, 0.05) is 0 Å².